The fourth-order valence-electron chi connectivity index (χ4n) is 3.80. The van der Waals surface area contributed by atoms with Crippen LogP contribution in [0.5, 0.6) is 0 Å². The van der Waals surface area contributed by atoms with Gasteiger partial charge in [-0.2, -0.15) is 4.31 Å². The van der Waals surface area contributed by atoms with Crippen molar-refractivity contribution in [2.45, 2.75) is 56.7 Å². The van der Waals surface area contributed by atoms with Gasteiger partial charge in [0.2, 0.25) is 5.91 Å². The summed E-state index contributed by atoms with van der Waals surface area (Å²) in [7, 11) is -3.37. The van der Waals surface area contributed by atoms with Crippen molar-refractivity contribution in [1.82, 2.24) is 9.21 Å². The zero-order chi connectivity index (χ0) is 17.5. The van der Waals surface area contributed by atoms with Crippen LogP contribution in [0.1, 0.15) is 44.4 Å². The van der Waals surface area contributed by atoms with E-state index in [1.807, 2.05) is 17.9 Å². The molecule has 0 bridgehead atoms. The Morgan fingerprint density at radius 3 is 2.38 bits per heavy atom. The summed E-state index contributed by atoms with van der Waals surface area (Å²) in [5.41, 5.74) is 0.0928. The van der Waals surface area contributed by atoms with E-state index in [0.717, 1.165) is 30.7 Å². The molecule has 0 aromatic carbocycles. The highest BCUT2D eigenvalue weighted by Gasteiger charge is 2.43. The number of amides is 1. The Labute approximate surface area is 148 Å². The van der Waals surface area contributed by atoms with E-state index in [4.69, 9.17) is 0 Å². The quantitative estimate of drug-likeness (QED) is 0.822. The highest BCUT2D eigenvalue weighted by Crippen LogP contribution is 2.42. The first-order valence-corrected chi connectivity index (χ1v) is 10.9. The van der Waals surface area contributed by atoms with Gasteiger partial charge in [-0.05, 0) is 57.6 Å². The lowest BCUT2D eigenvalue weighted by atomic mass is 9.72. The van der Waals surface area contributed by atoms with E-state index in [1.54, 1.807) is 10.4 Å². The van der Waals surface area contributed by atoms with Crippen LogP contribution >= 0.6 is 11.3 Å². The second-order valence-electron chi connectivity index (χ2n) is 7.38. The lowest BCUT2D eigenvalue weighted by molar-refractivity contribution is -0.141. The number of piperidine rings is 2. The number of rotatable bonds is 3. The third-order valence-electron chi connectivity index (χ3n) is 5.41. The Bertz CT molecular complexity index is 716. The Balaban J connectivity index is 1.70. The van der Waals surface area contributed by atoms with Crippen LogP contribution in [-0.2, 0) is 14.8 Å². The van der Waals surface area contributed by atoms with Crippen LogP contribution in [0.4, 0.5) is 0 Å². The van der Waals surface area contributed by atoms with E-state index in [0.29, 0.717) is 23.7 Å². The van der Waals surface area contributed by atoms with Crippen molar-refractivity contribution in [1.29, 1.82) is 0 Å². The number of hydrogen-bond donors (Lipinski definition) is 0. The molecular formula is C17H26N2O3S2. The normalized spacial score (nSPS) is 22.5. The first kappa shape index (κ1) is 17.9. The minimum atomic E-state index is -3.37. The SMILES string of the molecule is Cc1ccc(S(=O)(=O)N2CCC3(CCC(=O)N(C(C)C)C3)CC2)s1. The van der Waals surface area contributed by atoms with Gasteiger partial charge in [-0.1, -0.05) is 0 Å². The first-order chi connectivity index (χ1) is 11.2. The van der Waals surface area contributed by atoms with Gasteiger partial charge in [-0.3, -0.25) is 4.79 Å². The summed E-state index contributed by atoms with van der Waals surface area (Å²) >= 11 is 1.34. The van der Waals surface area contributed by atoms with E-state index < -0.39 is 10.0 Å². The molecular weight excluding hydrogens is 344 g/mol. The number of carbonyl (C=O) groups excluding carboxylic acids is 1. The summed E-state index contributed by atoms with van der Waals surface area (Å²) in [4.78, 5) is 15.1. The van der Waals surface area contributed by atoms with Crippen LogP contribution in [0.3, 0.4) is 0 Å². The maximum Gasteiger partial charge on any atom is 0.252 e. The summed E-state index contributed by atoms with van der Waals surface area (Å²) in [6.07, 6.45) is 3.16. The highest BCUT2D eigenvalue weighted by atomic mass is 32.2. The smallest absolute Gasteiger partial charge is 0.252 e. The van der Waals surface area contributed by atoms with E-state index in [1.165, 1.54) is 11.3 Å². The molecule has 3 rings (SSSR count). The van der Waals surface area contributed by atoms with Crippen LogP contribution in [0, 0.1) is 12.3 Å². The molecule has 24 heavy (non-hydrogen) atoms. The minimum absolute atomic E-state index is 0.0928. The highest BCUT2D eigenvalue weighted by molar-refractivity contribution is 7.91. The van der Waals surface area contributed by atoms with Crippen molar-refractivity contribution in [2.24, 2.45) is 5.41 Å². The number of sulfonamides is 1. The van der Waals surface area contributed by atoms with Crippen LogP contribution in [-0.4, -0.2) is 49.2 Å². The second-order valence-corrected chi connectivity index (χ2v) is 10.8. The molecule has 0 N–H and O–H groups in total. The molecule has 2 aliphatic rings. The van der Waals surface area contributed by atoms with Crippen molar-refractivity contribution in [3.8, 4) is 0 Å². The van der Waals surface area contributed by atoms with Crippen molar-refractivity contribution in [3.63, 3.8) is 0 Å². The molecule has 0 aliphatic carbocycles. The number of hydrogen-bond acceptors (Lipinski definition) is 4. The topological polar surface area (TPSA) is 57.7 Å². The van der Waals surface area contributed by atoms with E-state index in [2.05, 4.69) is 13.8 Å². The molecule has 1 aromatic heterocycles. The van der Waals surface area contributed by atoms with Crippen molar-refractivity contribution in [3.05, 3.63) is 17.0 Å². The first-order valence-electron chi connectivity index (χ1n) is 8.60. The molecule has 2 saturated heterocycles. The molecule has 7 heteroatoms. The zero-order valence-corrected chi connectivity index (χ0v) is 16.3. The largest absolute Gasteiger partial charge is 0.340 e. The second kappa shape index (κ2) is 6.42. The van der Waals surface area contributed by atoms with Gasteiger partial charge in [0.05, 0.1) is 0 Å². The van der Waals surface area contributed by atoms with Gasteiger partial charge in [0.25, 0.3) is 10.0 Å². The molecule has 1 aromatic rings. The molecule has 3 heterocycles. The van der Waals surface area contributed by atoms with Crippen molar-refractivity contribution < 1.29 is 13.2 Å². The zero-order valence-electron chi connectivity index (χ0n) is 14.6. The van der Waals surface area contributed by atoms with Crippen molar-refractivity contribution in [2.75, 3.05) is 19.6 Å². The standard InChI is InChI=1S/C17H26N2O3S2/c1-13(2)19-12-17(7-6-15(19)20)8-10-18(11-9-17)24(21,22)16-5-4-14(3)23-16/h4-5,13H,6-12H2,1-3H3. The lowest BCUT2D eigenvalue weighted by Gasteiger charge is -2.48. The van der Waals surface area contributed by atoms with Gasteiger partial charge in [-0.15, -0.1) is 11.3 Å². The predicted octanol–water partition coefficient (Wildman–Crippen LogP) is 2.86. The molecule has 5 nitrogen and oxygen atoms in total. The number of aryl methyl sites for hydroxylation is 1. The summed E-state index contributed by atoms with van der Waals surface area (Å²) in [6, 6.07) is 3.78. The summed E-state index contributed by atoms with van der Waals surface area (Å²) < 4.78 is 27.6. The average molecular weight is 371 g/mol. The number of carbonyl (C=O) groups is 1. The van der Waals surface area contributed by atoms with Gasteiger partial charge in [0.1, 0.15) is 4.21 Å². The van der Waals surface area contributed by atoms with Gasteiger partial charge in [0.15, 0.2) is 0 Å². The molecule has 0 atom stereocenters. The molecule has 134 valence electrons. The van der Waals surface area contributed by atoms with E-state index in [-0.39, 0.29) is 17.4 Å². The van der Waals surface area contributed by atoms with Crippen LogP contribution in [0.15, 0.2) is 16.3 Å². The lowest BCUT2D eigenvalue weighted by Crippen LogP contribution is -2.53. The molecule has 2 fully saturated rings. The van der Waals surface area contributed by atoms with Crippen molar-refractivity contribution >= 4 is 27.3 Å². The summed E-state index contributed by atoms with van der Waals surface area (Å²) in [6.45, 7) is 7.91. The molecule has 1 spiro atoms. The summed E-state index contributed by atoms with van der Waals surface area (Å²) in [5.74, 6) is 0.236. The predicted molar refractivity (Wildman–Crippen MR) is 95.6 cm³/mol. The van der Waals surface area contributed by atoms with Gasteiger partial charge >= 0.3 is 0 Å². The molecule has 0 radical (unpaired) electrons. The number of nitrogens with zero attached hydrogens (tertiary/aromatic N) is 2. The molecule has 0 unspecified atom stereocenters. The number of likely N-dealkylation sites (tertiary alicyclic amines) is 1. The van der Waals surface area contributed by atoms with Crippen LogP contribution in [0.25, 0.3) is 0 Å². The van der Waals surface area contributed by atoms with Gasteiger partial charge in [-0.25, -0.2) is 8.42 Å². The summed E-state index contributed by atoms with van der Waals surface area (Å²) in [5, 5.41) is 0. The molecule has 2 aliphatic heterocycles. The Morgan fingerprint density at radius 1 is 1.17 bits per heavy atom. The van der Waals surface area contributed by atoms with Gasteiger partial charge in [0, 0.05) is 37.0 Å². The van der Waals surface area contributed by atoms with Gasteiger partial charge < -0.3 is 4.90 Å². The Hall–Kier alpha value is -0.920. The molecule has 0 saturated carbocycles. The maximum atomic E-state index is 12.8. The number of thiophene rings is 1. The fourth-order valence-corrected chi connectivity index (χ4v) is 6.68. The van der Waals surface area contributed by atoms with E-state index in [9.17, 15) is 13.2 Å². The maximum absolute atomic E-state index is 12.8. The minimum Gasteiger partial charge on any atom is -0.340 e. The van der Waals surface area contributed by atoms with Crippen LogP contribution in [0.2, 0.25) is 0 Å². The third kappa shape index (κ3) is 3.26. The monoisotopic (exact) mass is 370 g/mol. The Kier molecular flexibility index (Phi) is 4.79. The average Bonchev–Trinajstić information content (AvgIpc) is 2.98. The van der Waals surface area contributed by atoms with Crippen LogP contribution < -0.4 is 0 Å². The van der Waals surface area contributed by atoms with E-state index >= 15 is 0 Å². The fraction of sp³-hybridized carbons (Fsp3) is 0.706. The Morgan fingerprint density at radius 2 is 1.83 bits per heavy atom. The molecule has 1 amide bonds. The third-order valence-corrected chi connectivity index (χ3v) is 8.78.